The Hall–Kier alpha value is -1.72. The molecule has 1 saturated heterocycles. The van der Waals surface area contributed by atoms with Crippen LogP contribution in [-0.4, -0.2) is 29.7 Å². The third kappa shape index (κ3) is 3.68. The van der Waals surface area contributed by atoms with Crippen LogP contribution >= 0.6 is 0 Å². The fraction of sp³-hybridized carbons (Fsp3) is 0.533. The number of hydrogen-bond acceptors (Lipinski definition) is 2. The van der Waals surface area contributed by atoms with Gasteiger partial charge in [0.1, 0.15) is 11.4 Å². The van der Waals surface area contributed by atoms with Gasteiger partial charge in [-0.05, 0) is 38.8 Å². The van der Waals surface area contributed by atoms with Crippen molar-refractivity contribution in [2.45, 2.75) is 38.7 Å². The summed E-state index contributed by atoms with van der Waals surface area (Å²) in [6.45, 7) is 5.81. The lowest BCUT2D eigenvalue weighted by Gasteiger charge is -2.24. The maximum absolute atomic E-state index is 13.8. The monoisotopic (exact) mass is 301 g/mol. The first kappa shape index (κ1) is 15.7. The predicted molar refractivity (Wildman–Crippen MR) is 71.5 cm³/mol. The number of carbonyl (C=O) groups excluding carboxylic acids is 1. The molecule has 1 fully saturated rings. The molecule has 1 atom stereocenters. The van der Waals surface area contributed by atoms with E-state index in [1.54, 1.807) is 20.8 Å². The van der Waals surface area contributed by atoms with Crippen molar-refractivity contribution in [3.05, 3.63) is 35.1 Å². The maximum atomic E-state index is 13.8. The minimum Gasteiger partial charge on any atom is -0.444 e. The van der Waals surface area contributed by atoms with Gasteiger partial charge >= 0.3 is 6.09 Å². The van der Waals surface area contributed by atoms with Crippen molar-refractivity contribution in [2.24, 2.45) is 0 Å². The van der Waals surface area contributed by atoms with Crippen LogP contribution in [-0.2, 0) is 4.74 Å². The van der Waals surface area contributed by atoms with Gasteiger partial charge in [-0.25, -0.2) is 18.0 Å². The molecule has 21 heavy (non-hydrogen) atoms. The molecule has 0 spiro atoms. The molecule has 1 aromatic rings. The van der Waals surface area contributed by atoms with E-state index >= 15 is 0 Å². The lowest BCUT2D eigenvalue weighted by Crippen LogP contribution is -2.35. The highest BCUT2D eigenvalue weighted by atomic mass is 19.2. The first-order valence-electron chi connectivity index (χ1n) is 6.80. The number of nitrogens with zero attached hydrogens (tertiary/aromatic N) is 1. The molecule has 0 saturated carbocycles. The molecule has 0 bridgehead atoms. The van der Waals surface area contributed by atoms with Crippen molar-refractivity contribution in [1.29, 1.82) is 0 Å². The Morgan fingerprint density at radius 2 is 1.95 bits per heavy atom. The van der Waals surface area contributed by atoms with Gasteiger partial charge in [0.05, 0.1) is 0 Å². The van der Waals surface area contributed by atoms with E-state index in [1.807, 2.05) is 0 Å². The van der Waals surface area contributed by atoms with E-state index in [0.29, 0.717) is 19.0 Å². The van der Waals surface area contributed by atoms with E-state index in [-0.39, 0.29) is 12.1 Å². The quantitative estimate of drug-likeness (QED) is 0.738. The van der Waals surface area contributed by atoms with Crippen molar-refractivity contribution < 1.29 is 22.7 Å². The summed E-state index contributed by atoms with van der Waals surface area (Å²) in [7, 11) is 0. The Kier molecular flexibility index (Phi) is 4.16. The highest BCUT2D eigenvalue weighted by Gasteiger charge is 2.32. The van der Waals surface area contributed by atoms with Crippen molar-refractivity contribution in [2.75, 3.05) is 13.1 Å². The number of likely N-dealkylation sites (tertiary alicyclic amines) is 1. The molecule has 1 unspecified atom stereocenters. The Balaban J connectivity index is 2.11. The average Bonchev–Trinajstić information content (AvgIpc) is 2.81. The van der Waals surface area contributed by atoms with Gasteiger partial charge in [-0.2, -0.15) is 0 Å². The molecule has 0 radical (unpaired) electrons. The molecule has 1 aliphatic rings. The Morgan fingerprint density at radius 3 is 2.57 bits per heavy atom. The molecule has 2 rings (SSSR count). The predicted octanol–water partition coefficient (Wildman–Crippen LogP) is 3.83. The zero-order valence-electron chi connectivity index (χ0n) is 12.3. The van der Waals surface area contributed by atoms with Crippen LogP contribution in [0.25, 0.3) is 0 Å². The highest BCUT2D eigenvalue weighted by Crippen LogP contribution is 2.31. The first-order valence-corrected chi connectivity index (χ1v) is 6.80. The van der Waals surface area contributed by atoms with Crippen molar-refractivity contribution in [1.82, 2.24) is 4.90 Å². The lowest BCUT2D eigenvalue weighted by molar-refractivity contribution is 0.0292. The third-order valence-electron chi connectivity index (χ3n) is 3.30. The molecule has 116 valence electrons. The van der Waals surface area contributed by atoms with Gasteiger partial charge < -0.3 is 9.64 Å². The van der Waals surface area contributed by atoms with E-state index in [4.69, 9.17) is 4.74 Å². The van der Waals surface area contributed by atoms with Crippen LogP contribution in [0, 0.1) is 17.5 Å². The van der Waals surface area contributed by atoms with Crippen LogP contribution in [0.15, 0.2) is 12.1 Å². The van der Waals surface area contributed by atoms with Gasteiger partial charge in [-0.3, -0.25) is 0 Å². The molecule has 1 heterocycles. The first-order chi connectivity index (χ1) is 9.67. The molecular formula is C15H18F3NO2. The van der Waals surface area contributed by atoms with E-state index in [2.05, 4.69) is 0 Å². The lowest BCUT2D eigenvalue weighted by atomic mass is 9.97. The number of amides is 1. The molecule has 0 aliphatic carbocycles. The second-order valence-corrected chi connectivity index (χ2v) is 6.20. The zero-order valence-corrected chi connectivity index (χ0v) is 12.3. The van der Waals surface area contributed by atoms with E-state index in [0.717, 1.165) is 6.07 Å². The number of hydrogen-bond donors (Lipinski definition) is 0. The third-order valence-corrected chi connectivity index (χ3v) is 3.30. The summed E-state index contributed by atoms with van der Waals surface area (Å²) in [6, 6.07) is 1.50. The largest absolute Gasteiger partial charge is 0.444 e. The summed E-state index contributed by atoms with van der Waals surface area (Å²) in [5.74, 6) is -3.50. The Morgan fingerprint density at radius 1 is 1.29 bits per heavy atom. The van der Waals surface area contributed by atoms with Gasteiger partial charge in [-0.1, -0.05) is 0 Å². The SMILES string of the molecule is CC(C)(C)OC(=O)N1CCC(c2cc(F)cc(F)c2F)C1. The Bertz CT molecular complexity index is 555. The summed E-state index contributed by atoms with van der Waals surface area (Å²) >= 11 is 0. The number of rotatable bonds is 1. The van der Waals surface area contributed by atoms with Crippen molar-refractivity contribution in [3.63, 3.8) is 0 Å². The number of ether oxygens (including phenoxy) is 1. The van der Waals surface area contributed by atoms with Crippen LogP contribution in [0.5, 0.6) is 0 Å². The highest BCUT2D eigenvalue weighted by molar-refractivity contribution is 5.68. The van der Waals surface area contributed by atoms with E-state index < -0.39 is 35.1 Å². The fourth-order valence-corrected chi connectivity index (χ4v) is 2.38. The standard InChI is InChI=1S/C15H18F3NO2/c1-15(2,3)21-14(20)19-5-4-9(8-19)11-6-10(16)7-12(17)13(11)18/h6-7,9H,4-5,8H2,1-3H3. The number of halogens is 3. The number of benzene rings is 1. The minimum absolute atomic E-state index is 0.0291. The van der Waals surface area contributed by atoms with E-state index in [9.17, 15) is 18.0 Å². The van der Waals surface area contributed by atoms with Crippen molar-refractivity contribution >= 4 is 6.09 Å². The summed E-state index contributed by atoms with van der Waals surface area (Å²) in [4.78, 5) is 13.3. The molecule has 0 N–H and O–H groups in total. The maximum Gasteiger partial charge on any atom is 0.410 e. The zero-order chi connectivity index (χ0) is 15.8. The second kappa shape index (κ2) is 5.58. The number of carbonyl (C=O) groups is 1. The Labute approximate surface area is 121 Å². The van der Waals surface area contributed by atoms with Gasteiger partial charge in [0.2, 0.25) is 0 Å². The van der Waals surface area contributed by atoms with Gasteiger partial charge in [-0.15, -0.1) is 0 Å². The van der Waals surface area contributed by atoms with Crippen LogP contribution in [0.3, 0.4) is 0 Å². The van der Waals surface area contributed by atoms with Gasteiger partial charge in [0.25, 0.3) is 0 Å². The van der Waals surface area contributed by atoms with Gasteiger partial charge in [0, 0.05) is 25.1 Å². The van der Waals surface area contributed by atoms with E-state index in [1.165, 1.54) is 4.90 Å². The molecule has 6 heteroatoms. The molecular weight excluding hydrogens is 283 g/mol. The minimum atomic E-state index is -1.21. The van der Waals surface area contributed by atoms with Crippen LogP contribution in [0.4, 0.5) is 18.0 Å². The summed E-state index contributed by atoms with van der Waals surface area (Å²) in [5, 5.41) is 0. The molecule has 1 aliphatic heterocycles. The van der Waals surface area contributed by atoms with Crippen molar-refractivity contribution in [3.8, 4) is 0 Å². The topological polar surface area (TPSA) is 29.5 Å². The smallest absolute Gasteiger partial charge is 0.410 e. The summed E-state index contributed by atoms with van der Waals surface area (Å²) in [6.07, 6.45) is -0.0544. The second-order valence-electron chi connectivity index (χ2n) is 6.20. The summed E-state index contributed by atoms with van der Waals surface area (Å²) < 4.78 is 45.5. The van der Waals surface area contributed by atoms with Gasteiger partial charge in [0.15, 0.2) is 11.6 Å². The van der Waals surface area contributed by atoms with Crippen LogP contribution < -0.4 is 0 Å². The molecule has 0 aromatic heterocycles. The molecule has 3 nitrogen and oxygen atoms in total. The van der Waals surface area contributed by atoms with Crippen LogP contribution in [0.1, 0.15) is 38.7 Å². The fourth-order valence-electron chi connectivity index (χ4n) is 2.38. The normalized spacial score (nSPS) is 19.0. The molecule has 1 amide bonds. The molecule has 1 aromatic carbocycles. The summed E-state index contributed by atoms with van der Waals surface area (Å²) in [5.41, 5.74) is -0.649. The van der Waals surface area contributed by atoms with Crippen LogP contribution in [0.2, 0.25) is 0 Å². The average molecular weight is 301 g/mol.